The van der Waals surface area contributed by atoms with Gasteiger partial charge in [-0.05, 0) is 6.42 Å². The summed E-state index contributed by atoms with van der Waals surface area (Å²) >= 11 is 0. The molecule has 1 unspecified atom stereocenters. The Morgan fingerprint density at radius 1 is 1.53 bits per heavy atom. The highest BCUT2D eigenvalue weighted by atomic mass is 16.6. The number of anilines is 1. The summed E-state index contributed by atoms with van der Waals surface area (Å²) in [7, 11) is 0. The third kappa shape index (κ3) is 1.25. The lowest BCUT2D eigenvalue weighted by Crippen LogP contribution is -2.24. The molecule has 0 radical (unpaired) electrons. The maximum Gasteiger partial charge on any atom is 0.224 e. The van der Waals surface area contributed by atoms with Crippen LogP contribution in [0.5, 0.6) is 0 Å². The first-order valence-electron chi connectivity index (χ1n) is 6.08. The average molecular weight is 263 g/mol. The number of hydrogen-bond donors (Lipinski definition) is 3. The third-order valence-electron chi connectivity index (χ3n) is 4.18. The van der Waals surface area contributed by atoms with E-state index in [2.05, 4.69) is 15.1 Å². The van der Waals surface area contributed by atoms with Gasteiger partial charge in [-0.15, -0.1) is 0 Å². The maximum absolute atomic E-state index is 9.72. The summed E-state index contributed by atoms with van der Waals surface area (Å²) in [5, 5.41) is 23.2. The second-order valence-corrected chi connectivity index (χ2v) is 5.07. The smallest absolute Gasteiger partial charge is 0.224 e. The minimum atomic E-state index is -0.794. The highest BCUT2D eigenvalue weighted by molar-refractivity contribution is 5.50. The first-order valence-corrected chi connectivity index (χ1v) is 6.08. The molecule has 4 atom stereocenters. The highest BCUT2D eigenvalue weighted by Gasteiger charge is 2.71. The van der Waals surface area contributed by atoms with Gasteiger partial charge >= 0.3 is 0 Å². The number of ether oxygens (including phenoxy) is 1. The van der Waals surface area contributed by atoms with Gasteiger partial charge in [0.15, 0.2) is 5.65 Å². The summed E-state index contributed by atoms with van der Waals surface area (Å²) in [5.74, 6) is 0.243. The summed E-state index contributed by atoms with van der Waals surface area (Å²) in [6.07, 6.45) is 2.87. The molecule has 2 aromatic rings. The Hall–Kier alpha value is -1.77. The zero-order valence-electron chi connectivity index (χ0n) is 9.97. The fraction of sp³-hybridized carbons (Fsp3) is 0.545. The van der Waals surface area contributed by atoms with Crippen LogP contribution in [0.3, 0.4) is 0 Å². The number of nitrogens with zero attached hydrogens (tertiary/aromatic N) is 4. The number of aliphatic hydroxyl groups is 2. The van der Waals surface area contributed by atoms with Crippen molar-refractivity contribution in [2.75, 3.05) is 12.3 Å². The van der Waals surface area contributed by atoms with Gasteiger partial charge in [-0.2, -0.15) is 9.61 Å². The van der Waals surface area contributed by atoms with Gasteiger partial charge in [-0.25, -0.2) is 9.97 Å². The van der Waals surface area contributed by atoms with E-state index in [1.807, 2.05) is 0 Å². The van der Waals surface area contributed by atoms with Crippen LogP contribution in [0, 0.1) is 5.92 Å². The molecule has 1 saturated carbocycles. The van der Waals surface area contributed by atoms with E-state index in [0.29, 0.717) is 12.1 Å². The molecule has 4 N–H and O–H groups in total. The van der Waals surface area contributed by atoms with Gasteiger partial charge in [0.05, 0.1) is 25.0 Å². The Kier molecular flexibility index (Phi) is 1.99. The number of rotatable bonds is 2. The maximum atomic E-state index is 9.72. The van der Waals surface area contributed by atoms with E-state index < -0.39 is 11.7 Å². The van der Waals surface area contributed by atoms with E-state index in [4.69, 9.17) is 10.5 Å². The van der Waals surface area contributed by atoms with Gasteiger partial charge in [0, 0.05) is 11.5 Å². The molecule has 2 fully saturated rings. The van der Waals surface area contributed by atoms with Crippen molar-refractivity contribution >= 4 is 11.6 Å². The van der Waals surface area contributed by atoms with Crippen molar-refractivity contribution in [2.24, 2.45) is 5.92 Å². The van der Waals surface area contributed by atoms with Crippen molar-refractivity contribution in [1.82, 2.24) is 19.6 Å². The molecule has 0 bridgehead atoms. The predicted octanol–water partition coefficient (Wildman–Crippen LogP) is -1.11. The Labute approximate surface area is 107 Å². The van der Waals surface area contributed by atoms with Crippen LogP contribution in [0.15, 0.2) is 12.5 Å². The van der Waals surface area contributed by atoms with E-state index in [-0.39, 0.29) is 24.6 Å². The number of aliphatic hydroxyl groups excluding tert-OH is 2. The average Bonchev–Trinajstić information content (AvgIpc) is 2.80. The molecule has 8 nitrogen and oxygen atoms in total. The largest absolute Gasteiger partial charge is 0.393 e. The lowest BCUT2D eigenvalue weighted by molar-refractivity contribution is -0.0593. The van der Waals surface area contributed by atoms with Gasteiger partial charge in [-0.1, -0.05) is 0 Å². The molecule has 0 spiro atoms. The summed E-state index contributed by atoms with van der Waals surface area (Å²) in [4.78, 5) is 8.02. The molecule has 8 heteroatoms. The van der Waals surface area contributed by atoms with Crippen molar-refractivity contribution in [1.29, 1.82) is 0 Å². The van der Waals surface area contributed by atoms with Gasteiger partial charge in [-0.3, -0.25) is 0 Å². The van der Waals surface area contributed by atoms with Crippen LogP contribution in [0.4, 0.5) is 5.95 Å². The number of fused-ring (bicyclic) bond motifs is 2. The number of hydrogen-bond acceptors (Lipinski definition) is 7. The Bertz CT molecular complexity index is 659. The minimum absolute atomic E-state index is 0.0170. The Morgan fingerprint density at radius 3 is 3.11 bits per heavy atom. The Balaban J connectivity index is 1.72. The van der Waals surface area contributed by atoms with Crippen molar-refractivity contribution in [3.63, 3.8) is 0 Å². The highest BCUT2D eigenvalue weighted by Crippen LogP contribution is 2.60. The molecule has 1 aliphatic heterocycles. The molecular weight excluding hydrogens is 250 g/mol. The SMILES string of the molecule is Nc1ncnc2c([C@H]3C[C@H]4C(O)[C@@]4(CO)O3)cnn12. The van der Waals surface area contributed by atoms with Crippen molar-refractivity contribution in [3.8, 4) is 0 Å². The van der Waals surface area contributed by atoms with Crippen LogP contribution in [-0.4, -0.2) is 48.1 Å². The monoisotopic (exact) mass is 263 g/mol. The van der Waals surface area contributed by atoms with Crippen LogP contribution < -0.4 is 5.73 Å². The molecular formula is C11H13N5O3. The van der Waals surface area contributed by atoms with E-state index in [0.717, 1.165) is 5.56 Å². The van der Waals surface area contributed by atoms with Crippen molar-refractivity contribution in [3.05, 3.63) is 18.1 Å². The first kappa shape index (κ1) is 11.1. The van der Waals surface area contributed by atoms with Crippen molar-refractivity contribution in [2.45, 2.75) is 24.2 Å². The fourth-order valence-corrected chi connectivity index (χ4v) is 3.01. The first-order chi connectivity index (χ1) is 9.17. The van der Waals surface area contributed by atoms with E-state index in [9.17, 15) is 10.2 Å². The van der Waals surface area contributed by atoms with E-state index in [1.165, 1.54) is 10.8 Å². The number of nitrogens with two attached hydrogens (primary N) is 1. The third-order valence-corrected chi connectivity index (χ3v) is 4.18. The van der Waals surface area contributed by atoms with Crippen molar-refractivity contribution < 1.29 is 14.9 Å². The van der Waals surface area contributed by atoms with Crippen LogP contribution in [0.2, 0.25) is 0 Å². The lowest BCUT2D eigenvalue weighted by Gasteiger charge is -2.17. The summed E-state index contributed by atoms with van der Waals surface area (Å²) in [6, 6.07) is 0. The molecule has 0 aromatic carbocycles. The molecule has 3 heterocycles. The molecule has 1 saturated heterocycles. The molecule has 100 valence electrons. The molecule has 2 aromatic heterocycles. The van der Waals surface area contributed by atoms with Gasteiger partial charge in [0.2, 0.25) is 5.95 Å². The van der Waals surface area contributed by atoms with Gasteiger partial charge in [0.25, 0.3) is 0 Å². The summed E-state index contributed by atoms with van der Waals surface area (Å²) in [5.41, 5.74) is 6.32. The number of nitrogen functional groups attached to an aromatic ring is 1. The van der Waals surface area contributed by atoms with Gasteiger partial charge < -0.3 is 20.7 Å². The van der Waals surface area contributed by atoms with Crippen LogP contribution in [0.25, 0.3) is 5.65 Å². The standard InChI is InChI=1S/C11H13N5O3/c12-10-14-4-13-9-5(2-15-16(9)10)7-1-6-8(18)11(6,3-17)19-7/h2,4,6-8,17-18H,1,3H2,(H2,12,13,14)/t6-,7+,8?,11-/m0/s1. The zero-order valence-corrected chi connectivity index (χ0v) is 9.97. The molecule has 0 amide bonds. The van der Waals surface area contributed by atoms with Gasteiger partial charge in [0.1, 0.15) is 11.9 Å². The van der Waals surface area contributed by atoms with E-state index in [1.54, 1.807) is 6.20 Å². The molecule has 4 rings (SSSR count). The summed E-state index contributed by atoms with van der Waals surface area (Å²) < 4.78 is 7.27. The predicted molar refractivity (Wildman–Crippen MR) is 63.0 cm³/mol. The quantitative estimate of drug-likeness (QED) is 0.628. The summed E-state index contributed by atoms with van der Waals surface area (Å²) in [6.45, 7) is -0.175. The molecule has 1 aliphatic carbocycles. The van der Waals surface area contributed by atoms with Crippen LogP contribution in [0.1, 0.15) is 18.1 Å². The molecule has 2 aliphatic rings. The molecule has 19 heavy (non-hydrogen) atoms. The number of aromatic nitrogens is 4. The fourth-order valence-electron chi connectivity index (χ4n) is 3.01. The lowest BCUT2D eigenvalue weighted by atomic mass is 10.1. The van der Waals surface area contributed by atoms with E-state index >= 15 is 0 Å². The zero-order chi connectivity index (χ0) is 13.2. The second-order valence-electron chi connectivity index (χ2n) is 5.07. The minimum Gasteiger partial charge on any atom is -0.393 e. The van der Waals surface area contributed by atoms with Crippen LogP contribution in [-0.2, 0) is 4.74 Å². The topological polar surface area (TPSA) is 119 Å². The Morgan fingerprint density at radius 2 is 2.37 bits per heavy atom. The van der Waals surface area contributed by atoms with Crippen LogP contribution >= 0.6 is 0 Å². The second kappa shape index (κ2) is 3.41. The normalized spacial score (nSPS) is 36.6.